The fourth-order valence-electron chi connectivity index (χ4n) is 11.0. The SMILES string of the molecule is c1ccc2c(c1)-c1ccc(N(c3ccc4c(c3)oc3cccnc34)c3ccc4c(c3)oc3cccnc34)cc1C21C2CC3CC(C2)C1C3. The molecule has 5 nitrogen and oxygen atoms in total. The fraction of sp³-hybridized carbons (Fsp3) is 0.209. The van der Waals surface area contributed by atoms with Crippen LogP contribution in [0.4, 0.5) is 17.1 Å². The van der Waals surface area contributed by atoms with E-state index >= 15 is 0 Å². The lowest BCUT2D eigenvalue weighted by atomic mass is 9.59. The zero-order valence-electron chi connectivity index (χ0n) is 26.3. The summed E-state index contributed by atoms with van der Waals surface area (Å²) in [4.78, 5) is 11.6. The monoisotopic (exact) mass is 621 g/mol. The summed E-state index contributed by atoms with van der Waals surface area (Å²) in [6.07, 6.45) is 9.19. The number of pyridine rings is 2. The highest BCUT2D eigenvalue weighted by Gasteiger charge is 2.66. The normalized spacial score (nSPS) is 24.8. The van der Waals surface area contributed by atoms with Crippen molar-refractivity contribution in [3.05, 3.63) is 127 Å². The van der Waals surface area contributed by atoms with Gasteiger partial charge in [-0.3, -0.25) is 9.97 Å². The third-order valence-corrected chi connectivity index (χ3v) is 12.5. The van der Waals surface area contributed by atoms with E-state index in [1.165, 1.54) is 42.4 Å². The lowest BCUT2D eigenvalue weighted by Gasteiger charge is -2.44. The van der Waals surface area contributed by atoms with Crippen LogP contribution < -0.4 is 4.90 Å². The van der Waals surface area contributed by atoms with Crippen LogP contribution in [0.2, 0.25) is 0 Å². The molecule has 5 atom stereocenters. The molecule has 230 valence electrons. The van der Waals surface area contributed by atoms with Crippen molar-refractivity contribution < 1.29 is 8.83 Å². The average Bonchev–Trinajstić information content (AvgIpc) is 3.88. The van der Waals surface area contributed by atoms with Crippen molar-refractivity contribution in [2.45, 2.75) is 31.1 Å². The summed E-state index contributed by atoms with van der Waals surface area (Å²) in [5.41, 5.74) is 14.3. The quantitative estimate of drug-likeness (QED) is 0.196. The van der Waals surface area contributed by atoms with Crippen LogP contribution in [0.1, 0.15) is 36.8 Å². The molecule has 5 unspecified atom stereocenters. The molecular weight excluding hydrogens is 590 g/mol. The first-order valence-corrected chi connectivity index (χ1v) is 17.3. The predicted octanol–water partition coefficient (Wildman–Crippen LogP) is 11.1. The number of aromatic nitrogens is 2. The van der Waals surface area contributed by atoms with E-state index in [0.29, 0.717) is 5.92 Å². The number of hydrogen-bond acceptors (Lipinski definition) is 5. The number of furan rings is 2. The van der Waals surface area contributed by atoms with Crippen LogP contribution in [-0.4, -0.2) is 9.97 Å². The van der Waals surface area contributed by atoms with E-state index in [0.717, 1.165) is 79.0 Å². The highest BCUT2D eigenvalue weighted by Crippen LogP contribution is 2.73. The van der Waals surface area contributed by atoms with Crippen molar-refractivity contribution in [3.63, 3.8) is 0 Å². The number of hydrogen-bond donors (Lipinski definition) is 0. The van der Waals surface area contributed by atoms with Crippen molar-refractivity contribution in [1.29, 1.82) is 0 Å². The van der Waals surface area contributed by atoms with Gasteiger partial charge in [0, 0.05) is 57.8 Å². The Hall–Kier alpha value is -5.42. The van der Waals surface area contributed by atoms with Crippen LogP contribution in [0.25, 0.3) is 55.3 Å². The van der Waals surface area contributed by atoms with E-state index in [1.54, 1.807) is 5.56 Å². The molecule has 48 heavy (non-hydrogen) atoms. The molecule has 0 amide bonds. The van der Waals surface area contributed by atoms with Gasteiger partial charge in [-0.05, 0) is 132 Å². The molecule has 13 rings (SSSR count). The van der Waals surface area contributed by atoms with Gasteiger partial charge in [0.05, 0.1) is 0 Å². The second-order valence-corrected chi connectivity index (χ2v) is 14.6. The predicted molar refractivity (Wildman–Crippen MR) is 190 cm³/mol. The van der Waals surface area contributed by atoms with E-state index in [1.807, 2.05) is 36.7 Å². The Bertz CT molecular complexity index is 2530. The Balaban J connectivity index is 1.10. The minimum Gasteiger partial charge on any atom is -0.454 e. The number of anilines is 3. The van der Waals surface area contributed by atoms with Crippen LogP contribution in [0.5, 0.6) is 0 Å². The summed E-state index contributed by atoms with van der Waals surface area (Å²) in [7, 11) is 0. The molecule has 4 aromatic carbocycles. The molecule has 4 fully saturated rings. The van der Waals surface area contributed by atoms with Gasteiger partial charge in [0.2, 0.25) is 0 Å². The van der Waals surface area contributed by atoms with Crippen LogP contribution in [0.3, 0.4) is 0 Å². The molecule has 4 aromatic heterocycles. The number of benzene rings is 4. The maximum Gasteiger partial charge on any atom is 0.153 e. The third-order valence-electron chi connectivity index (χ3n) is 12.5. The van der Waals surface area contributed by atoms with Crippen LogP contribution in [0.15, 0.2) is 124 Å². The topological polar surface area (TPSA) is 55.3 Å². The molecular formula is C43H31N3O2. The molecule has 0 N–H and O–H groups in total. The summed E-state index contributed by atoms with van der Waals surface area (Å²) in [6.45, 7) is 0. The highest BCUT2D eigenvalue weighted by molar-refractivity contribution is 6.05. The Labute approximate surface area is 276 Å². The minimum atomic E-state index is 0.105. The second kappa shape index (κ2) is 8.93. The Morgan fingerprint density at radius 1 is 0.562 bits per heavy atom. The zero-order chi connectivity index (χ0) is 31.1. The van der Waals surface area contributed by atoms with Crippen LogP contribution in [0, 0.1) is 23.7 Å². The van der Waals surface area contributed by atoms with Gasteiger partial charge >= 0.3 is 0 Å². The van der Waals surface area contributed by atoms with Crippen molar-refractivity contribution >= 4 is 61.2 Å². The number of rotatable bonds is 3. The molecule has 4 saturated carbocycles. The largest absolute Gasteiger partial charge is 0.454 e. The standard InChI is InChI=1S/C43H31N3O2/c1-2-6-34-30(5-1)31-12-9-27(21-36(31)43(34)26-18-24-17-25(20-26)35(43)19-24)46(28-10-13-32-39(22-28)47-37-7-3-15-44-41(32)37)29-11-14-33-40(23-29)48-38-8-4-16-45-42(33)38/h1-16,21-26,35H,17-20H2. The Morgan fingerprint density at radius 2 is 1.21 bits per heavy atom. The first kappa shape index (κ1) is 25.6. The Morgan fingerprint density at radius 3 is 1.92 bits per heavy atom. The van der Waals surface area contributed by atoms with Gasteiger partial charge in [-0.15, -0.1) is 0 Å². The van der Waals surface area contributed by atoms with Gasteiger partial charge in [0.15, 0.2) is 11.2 Å². The van der Waals surface area contributed by atoms with E-state index in [-0.39, 0.29) is 5.41 Å². The smallest absolute Gasteiger partial charge is 0.153 e. The van der Waals surface area contributed by atoms with Crippen molar-refractivity contribution in [2.24, 2.45) is 23.7 Å². The summed E-state index contributed by atoms with van der Waals surface area (Å²) in [5, 5.41) is 2.04. The number of nitrogens with zero attached hydrogens (tertiary/aromatic N) is 3. The molecule has 5 heteroatoms. The van der Waals surface area contributed by atoms with Crippen molar-refractivity contribution in [2.75, 3.05) is 4.90 Å². The number of fused-ring (bicyclic) bond motifs is 9. The summed E-state index contributed by atoms with van der Waals surface area (Å²) >= 11 is 0. The Kier molecular flexibility index (Phi) is 4.77. The van der Waals surface area contributed by atoms with Crippen molar-refractivity contribution in [3.8, 4) is 11.1 Å². The molecule has 4 bridgehead atoms. The van der Waals surface area contributed by atoms with Crippen molar-refractivity contribution in [1.82, 2.24) is 9.97 Å². The maximum atomic E-state index is 6.37. The molecule has 8 aromatic rings. The molecule has 0 saturated heterocycles. The van der Waals surface area contributed by atoms with E-state index in [2.05, 4.69) is 93.7 Å². The van der Waals surface area contributed by atoms with Gasteiger partial charge < -0.3 is 13.7 Å². The summed E-state index contributed by atoms with van der Waals surface area (Å²) in [5.74, 6) is 3.20. The van der Waals surface area contributed by atoms with E-state index < -0.39 is 0 Å². The van der Waals surface area contributed by atoms with E-state index in [9.17, 15) is 0 Å². The van der Waals surface area contributed by atoms with Gasteiger partial charge in [-0.25, -0.2) is 0 Å². The molecule has 5 aliphatic carbocycles. The average molecular weight is 622 g/mol. The van der Waals surface area contributed by atoms with Gasteiger partial charge in [-0.1, -0.05) is 30.3 Å². The molecule has 4 heterocycles. The second-order valence-electron chi connectivity index (χ2n) is 14.6. The highest BCUT2D eigenvalue weighted by atomic mass is 16.3. The third kappa shape index (κ3) is 3.13. The molecule has 0 radical (unpaired) electrons. The van der Waals surface area contributed by atoms with Crippen LogP contribution >= 0.6 is 0 Å². The van der Waals surface area contributed by atoms with Crippen LogP contribution in [-0.2, 0) is 5.41 Å². The molecule has 1 spiro atoms. The first-order valence-electron chi connectivity index (χ1n) is 17.3. The molecule has 0 aliphatic heterocycles. The van der Waals surface area contributed by atoms with Gasteiger partial charge in [0.25, 0.3) is 0 Å². The lowest BCUT2D eigenvalue weighted by molar-refractivity contribution is 0.191. The van der Waals surface area contributed by atoms with Gasteiger partial charge in [0.1, 0.15) is 22.2 Å². The summed E-state index contributed by atoms with van der Waals surface area (Å²) in [6, 6.07) is 37.4. The zero-order valence-corrected chi connectivity index (χ0v) is 26.3. The minimum absolute atomic E-state index is 0.105. The lowest BCUT2D eigenvalue weighted by Crippen LogP contribution is -2.40. The molecule has 5 aliphatic rings. The van der Waals surface area contributed by atoms with Gasteiger partial charge in [-0.2, -0.15) is 0 Å². The summed E-state index contributed by atoms with van der Waals surface area (Å²) < 4.78 is 12.7. The fourth-order valence-corrected chi connectivity index (χ4v) is 11.0. The maximum absolute atomic E-state index is 6.37. The van der Waals surface area contributed by atoms with E-state index in [4.69, 9.17) is 8.83 Å². The first-order chi connectivity index (χ1) is 23.7.